The minimum atomic E-state index is 0. The summed E-state index contributed by atoms with van der Waals surface area (Å²) in [4.78, 5) is 4.37. The number of guanidine groups is 1. The molecule has 1 aromatic rings. The molecule has 0 saturated heterocycles. The van der Waals surface area contributed by atoms with Gasteiger partial charge < -0.3 is 11.1 Å². The largest absolute Gasteiger partial charge is 0.370 e. The standard InChI is InChI=1S/C16H27N3S.HI/c1-13-8-9-15(12-14(13)2)19-16(17)18-10-6-4-5-7-11-20-3;/h8-9,12H,4-7,10-11H2,1-3H3,(H3,17,18,19);1H. The first-order valence-electron chi connectivity index (χ1n) is 7.26. The number of hydrogen-bond donors (Lipinski definition) is 2. The third-order valence-corrected chi connectivity index (χ3v) is 4.01. The summed E-state index contributed by atoms with van der Waals surface area (Å²) in [5.41, 5.74) is 9.45. The molecule has 1 aromatic carbocycles. The first-order valence-corrected chi connectivity index (χ1v) is 8.66. The highest BCUT2D eigenvalue weighted by atomic mass is 127. The topological polar surface area (TPSA) is 50.4 Å². The van der Waals surface area contributed by atoms with Crippen LogP contribution in [0.25, 0.3) is 0 Å². The lowest BCUT2D eigenvalue weighted by Gasteiger charge is -2.08. The third kappa shape index (κ3) is 9.24. The molecule has 0 aromatic heterocycles. The molecule has 0 bridgehead atoms. The van der Waals surface area contributed by atoms with Gasteiger partial charge in [-0.3, -0.25) is 4.99 Å². The summed E-state index contributed by atoms with van der Waals surface area (Å²) in [5, 5.41) is 3.15. The number of nitrogens with two attached hydrogens (primary N) is 1. The Morgan fingerprint density at radius 1 is 1.14 bits per heavy atom. The Hall–Kier alpha value is -0.430. The average molecular weight is 421 g/mol. The van der Waals surface area contributed by atoms with Crippen LogP contribution in [0.2, 0.25) is 0 Å². The maximum atomic E-state index is 5.89. The monoisotopic (exact) mass is 421 g/mol. The lowest BCUT2D eigenvalue weighted by molar-refractivity contribution is 0.678. The summed E-state index contributed by atoms with van der Waals surface area (Å²) >= 11 is 1.92. The van der Waals surface area contributed by atoms with Gasteiger partial charge in [0.2, 0.25) is 0 Å². The predicted molar refractivity (Wildman–Crippen MR) is 108 cm³/mol. The van der Waals surface area contributed by atoms with Crippen LogP contribution in [0.5, 0.6) is 0 Å². The van der Waals surface area contributed by atoms with E-state index in [2.05, 4.69) is 42.5 Å². The van der Waals surface area contributed by atoms with Gasteiger partial charge >= 0.3 is 0 Å². The van der Waals surface area contributed by atoms with E-state index >= 15 is 0 Å². The predicted octanol–water partition coefficient (Wildman–Crippen LogP) is 4.57. The number of aliphatic imine (C=N–C) groups is 1. The van der Waals surface area contributed by atoms with Gasteiger partial charge in [-0.1, -0.05) is 18.9 Å². The van der Waals surface area contributed by atoms with Crippen LogP contribution in [-0.4, -0.2) is 24.5 Å². The Morgan fingerprint density at radius 2 is 1.86 bits per heavy atom. The van der Waals surface area contributed by atoms with Gasteiger partial charge in [0.1, 0.15) is 0 Å². The number of hydrogen-bond acceptors (Lipinski definition) is 2. The van der Waals surface area contributed by atoms with Crippen molar-refractivity contribution in [2.45, 2.75) is 39.5 Å². The summed E-state index contributed by atoms with van der Waals surface area (Å²) in [7, 11) is 0. The Morgan fingerprint density at radius 3 is 2.52 bits per heavy atom. The van der Waals surface area contributed by atoms with Gasteiger partial charge in [-0.2, -0.15) is 11.8 Å². The number of anilines is 1. The highest BCUT2D eigenvalue weighted by Gasteiger charge is 1.97. The summed E-state index contributed by atoms with van der Waals surface area (Å²) in [6.07, 6.45) is 7.11. The highest BCUT2D eigenvalue weighted by Crippen LogP contribution is 2.13. The van der Waals surface area contributed by atoms with Crippen LogP contribution in [0.15, 0.2) is 23.2 Å². The summed E-state index contributed by atoms with van der Waals surface area (Å²) in [6.45, 7) is 5.01. The number of rotatable bonds is 8. The van der Waals surface area contributed by atoms with Crippen LogP contribution in [0, 0.1) is 13.8 Å². The van der Waals surface area contributed by atoms with Gasteiger partial charge in [0.15, 0.2) is 5.96 Å². The van der Waals surface area contributed by atoms with E-state index in [1.807, 2.05) is 17.8 Å². The van der Waals surface area contributed by atoms with Crippen LogP contribution < -0.4 is 11.1 Å². The van der Waals surface area contributed by atoms with Crippen molar-refractivity contribution in [3.63, 3.8) is 0 Å². The molecule has 0 fully saturated rings. The van der Waals surface area contributed by atoms with E-state index in [4.69, 9.17) is 5.73 Å². The normalized spacial score (nSPS) is 11.1. The first kappa shape index (κ1) is 20.6. The van der Waals surface area contributed by atoms with Crippen molar-refractivity contribution in [2.75, 3.05) is 23.9 Å². The maximum Gasteiger partial charge on any atom is 0.193 e. The van der Waals surface area contributed by atoms with E-state index in [9.17, 15) is 0 Å². The van der Waals surface area contributed by atoms with Crippen molar-refractivity contribution in [3.8, 4) is 0 Å². The second-order valence-corrected chi connectivity index (χ2v) is 6.08. The number of benzene rings is 1. The van der Waals surface area contributed by atoms with Gasteiger partial charge in [0.05, 0.1) is 0 Å². The van der Waals surface area contributed by atoms with Crippen LogP contribution in [0.3, 0.4) is 0 Å². The van der Waals surface area contributed by atoms with Crippen LogP contribution >= 0.6 is 35.7 Å². The zero-order valence-corrected chi connectivity index (χ0v) is 16.5. The second kappa shape index (κ2) is 12.1. The zero-order chi connectivity index (χ0) is 14.8. The Labute approximate surface area is 150 Å². The van der Waals surface area contributed by atoms with Gasteiger partial charge in [-0.25, -0.2) is 0 Å². The fraction of sp³-hybridized carbons (Fsp3) is 0.562. The molecule has 3 nitrogen and oxygen atoms in total. The van der Waals surface area contributed by atoms with E-state index in [-0.39, 0.29) is 24.0 Å². The molecule has 120 valence electrons. The molecule has 5 heteroatoms. The molecule has 0 unspecified atom stereocenters. The Kier molecular flexibility index (Phi) is 11.9. The molecule has 0 aliphatic carbocycles. The lowest BCUT2D eigenvalue weighted by Crippen LogP contribution is -2.22. The number of aryl methyl sites for hydroxylation is 2. The van der Waals surface area contributed by atoms with Gasteiger partial charge in [0, 0.05) is 12.2 Å². The second-order valence-electron chi connectivity index (χ2n) is 5.10. The van der Waals surface area contributed by atoms with E-state index in [1.165, 1.54) is 36.1 Å². The molecule has 0 spiro atoms. The van der Waals surface area contributed by atoms with Gasteiger partial charge in [0.25, 0.3) is 0 Å². The minimum absolute atomic E-state index is 0. The highest BCUT2D eigenvalue weighted by molar-refractivity contribution is 14.0. The van der Waals surface area contributed by atoms with Crippen molar-refractivity contribution in [1.82, 2.24) is 0 Å². The van der Waals surface area contributed by atoms with Crippen LogP contribution in [-0.2, 0) is 0 Å². The number of nitrogens with one attached hydrogen (secondary N) is 1. The van der Waals surface area contributed by atoms with E-state index < -0.39 is 0 Å². The number of thioether (sulfide) groups is 1. The van der Waals surface area contributed by atoms with Gasteiger partial charge in [-0.15, -0.1) is 24.0 Å². The maximum absolute atomic E-state index is 5.89. The summed E-state index contributed by atoms with van der Waals surface area (Å²) in [5.74, 6) is 1.78. The summed E-state index contributed by atoms with van der Waals surface area (Å²) < 4.78 is 0. The molecule has 0 aliphatic rings. The number of nitrogens with zero attached hydrogens (tertiary/aromatic N) is 1. The molecule has 21 heavy (non-hydrogen) atoms. The van der Waals surface area contributed by atoms with Crippen LogP contribution in [0.4, 0.5) is 5.69 Å². The molecule has 1 rings (SSSR count). The fourth-order valence-electron chi connectivity index (χ4n) is 1.92. The molecule has 0 amide bonds. The molecule has 0 radical (unpaired) electrons. The quantitative estimate of drug-likeness (QED) is 0.280. The molecule has 3 N–H and O–H groups in total. The van der Waals surface area contributed by atoms with Crippen molar-refractivity contribution < 1.29 is 0 Å². The summed E-state index contributed by atoms with van der Waals surface area (Å²) in [6, 6.07) is 6.23. The SMILES string of the molecule is CSCCCCCCN=C(N)Nc1ccc(C)c(C)c1.I. The van der Waals surface area contributed by atoms with Crippen molar-refractivity contribution in [3.05, 3.63) is 29.3 Å². The molecule has 0 heterocycles. The van der Waals surface area contributed by atoms with E-state index in [1.54, 1.807) is 0 Å². The number of unbranched alkanes of at least 4 members (excludes halogenated alkanes) is 3. The Bertz CT molecular complexity index is 436. The minimum Gasteiger partial charge on any atom is -0.370 e. The molecule has 0 atom stereocenters. The molecular weight excluding hydrogens is 393 g/mol. The van der Waals surface area contributed by atoms with Crippen molar-refractivity contribution in [1.29, 1.82) is 0 Å². The lowest BCUT2D eigenvalue weighted by atomic mass is 10.1. The van der Waals surface area contributed by atoms with Crippen molar-refractivity contribution >= 4 is 47.4 Å². The van der Waals surface area contributed by atoms with E-state index in [0.717, 1.165) is 18.7 Å². The molecular formula is C16H28IN3S. The average Bonchev–Trinajstić information content (AvgIpc) is 2.42. The first-order chi connectivity index (χ1) is 9.63. The zero-order valence-electron chi connectivity index (χ0n) is 13.3. The molecule has 0 aliphatic heterocycles. The fourth-order valence-corrected chi connectivity index (χ4v) is 2.41. The number of halogens is 1. The van der Waals surface area contributed by atoms with Gasteiger partial charge in [-0.05, 0) is 62.0 Å². The third-order valence-electron chi connectivity index (χ3n) is 3.32. The Balaban J connectivity index is 0.00000400. The van der Waals surface area contributed by atoms with Crippen LogP contribution in [0.1, 0.15) is 36.8 Å². The van der Waals surface area contributed by atoms with Crippen molar-refractivity contribution in [2.24, 2.45) is 10.7 Å². The smallest absolute Gasteiger partial charge is 0.193 e. The van der Waals surface area contributed by atoms with E-state index in [0.29, 0.717) is 5.96 Å². The molecule has 0 saturated carbocycles.